The average molecular weight is 266 g/mol. The lowest BCUT2D eigenvalue weighted by Gasteiger charge is -2.14. The highest BCUT2D eigenvalue weighted by Gasteiger charge is 2.20. The van der Waals surface area contributed by atoms with E-state index in [1.165, 1.54) is 16.7 Å². The SMILES string of the molecule is CCc1cccc(-c2ccc(N3CCNC3=O)cc2)c1. The molecule has 1 N–H and O–H groups in total. The second-order valence-electron chi connectivity index (χ2n) is 4.98. The van der Waals surface area contributed by atoms with Crippen molar-refractivity contribution < 1.29 is 4.79 Å². The molecule has 1 aliphatic rings. The molecule has 0 spiro atoms. The fourth-order valence-corrected chi connectivity index (χ4v) is 2.52. The van der Waals surface area contributed by atoms with Crippen molar-refractivity contribution in [2.24, 2.45) is 0 Å². The van der Waals surface area contributed by atoms with Crippen molar-refractivity contribution in [1.82, 2.24) is 5.32 Å². The number of urea groups is 1. The van der Waals surface area contributed by atoms with E-state index in [4.69, 9.17) is 0 Å². The van der Waals surface area contributed by atoms with Crippen molar-refractivity contribution in [2.45, 2.75) is 13.3 Å². The van der Waals surface area contributed by atoms with Crippen LogP contribution in [0.4, 0.5) is 10.5 Å². The quantitative estimate of drug-likeness (QED) is 0.906. The van der Waals surface area contributed by atoms with Gasteiger partial charge in [0.1, 0.15) is 0 Å². The van der Waals surface area contributed by atoms with Gasteiger partial charge in [0, 0.05) is 18.8 Å². The van der Waals surface area contributed by atoms with Gasteiger partial charge in [-0.15, -0.1) is 0 Å². The minimum Gasteiger partial charge on any atom is -0.336 e. The monoisotopic (exact) mass is 266 g/mol. The number of carbonyl (C=O) groups excluding carboxylic acids is 1. The third-order valence-electron chi connectivity index (χ3n) is 3.70. The Labute approximate surface area is 119 Å². The number of nitrogens with one attached hydrogen (secondary N) is 1. The number of amides is 2. The van der Waals surface area contributed by atoms with Crippen LogP contribution in [0, 0.1) is 0 Å². The summed E-state index contributed by atoms with van der Waals surface area (Å²) in [6.45, 7) is 3.62. The molecule has 0 unspecified atom stereocenters. The van der Waals surface area contributed by atoms with Gasteiger partial charge in [-0.1, -0.05) is 43.3 Å². The molecule has 0 atom stereocenters. The lowest BCUT2D eigenvalue weighted by molar-refractivity contribution is 0.252. The van der Waals surface area contributed by atoms with Crippen molar-refractivity contribution in [3.63, 3.8) is 0 Å². The summed E-state index contributed by atoms with van der Waals surface area (Å²) in [4.78, 5) is 13.4. The first-order chi connectivity index (χ1) is 9.78. The summed E-state index contributed by atoms with van der Waals surface area (Å²) >= 11 is 0. The first-order valence-electron chi connectivity index (χ1n) is 7.02. The van der Waals surface area contributed by atoms with E-state index < -0.39 is 0 Å². The Morgan fingerprint density at radius 3 is 2.55 bits per heavy atom. The fraction of sp³-hybridized carbons (Fsp3) is 0.235. The third-order valence-corrected chi connectivity index (χ3v) is 3.70. The molecule has 0 radical (unpaired) electrons. The zero-order chi connectivity index (χ0) is 13.9. The Morgan fingerprint density at radius 1 is 1.10 bits per heavy atom. The first kappa shape index (κ1) is 12.7. The molecule has 0 bridgehead atoms. The Hall–Kier alpha value is -2.29. The maximum absolute atomic E-state index is 11.6. The van der Waals surface area contributed by atoms with E-state index in [2.05, 4.69) is 48.6 Å². The number of nitrogens with zero attached hydrogens (tertiary/aromatic N) is 1. The van der Waals surface area contributed by atoms with E-state index in [-0.39, 0.29) is 6.03 Å². The summed E-state index contributed by atoms with van der Waals surface area (Å²) in [6, 6.07) is 16.8. The van der Waals surface area contributed by atoms with Crippen LogP contribution in [-0.4, -0.2) is 19.1 Å². The topological polar surface area (TPSA) is 32.3 Å². The molecule has 2 aromatic rings. The maximum atomic E-state index is 11.6. The summed E-state index contributed by atoms with van der Waals surface area (Å²) in [5.74, 6) is 0. The molecule has 1 heterocycles. The zero-order valence-electron chi connectivity index (χ0n) is 11.6. The van der Waals surface area contributed by atoms with Gasteiger partial charge in [-0.05, 0) is 35.2 Å². The second kappa shape index (κ2) is 5.37. The highest BCUT2D eigenvalue weighted by Crippen LogP contribution is 2.24. The van der Waals surface area contributed by atoms with E-state index in [1.54, 1.807) is 4.90 Å². The van der Waals surface area contributed by atoms with Crippen LogP contribution in [0.5, 0.6) is 0 Å². The number of aryl methyl sites for hydroxylation is 1. The number of hydrogen-bond donors (Lipinski definition) is 1. The van der Waals surface area contributed by atoms with Crippen LogP contribution in [0.3, 0.4) is 0 Å². The standard InChI is InChI=1S/C17H18N2O/c1-2-13-4-3-5-15(12-13)14-6-8-16(9-7-14)19-11-10-18-17(19)20/h3-9,12H,2,10-11H2,1H3,(H,18,20). The van der Waals surface area contributed by atoms with Gasteiger partial charge in [-0.2, -0.15) is 0 Å². The van der Waals surface area contributed by atoms with Gasteiger partial charge in [0.15, 0.2) is 0 Å². The molecule has 1 aliphatic heterocycles. The van der Waals surface area contributed by atoms with Crippen LogP contribution in [0.2, 0.25) is 0 Å². The summed E-state index contributed by atoms with van der Waals surface area (Å²) in [5, 5.41) is 2.82. The molecule has 2 amide bonds. The molecule has 20 heavy (non-hydrogen) atoms. The molecule has 1 fully saturated rings. The van der Waals surface area contributed by atoms with E-state index in [9.17, 15) is 4.79 Å². The van der Waals surface area contributed by atoms with Gasteiger partial charge in [-0.3, -0.25) is 4.90 Å². The summed E-state index contributed by atoms with van der Waals surface area (Å²) in [5.41, 5.74) is 4.70. The van der Waals surface area contributed by atoms with Crippen LogP contribution >= 0.6 is 0 Å². The smallest absolute Gasteiger partial charge is 0.321 e. The molecule has 3 nitrogen and oxygen atoms in total. The van der Waals surface area contributed by atoms with Gasteiger partial charge >= 0.3 is 6.03 Å². The van der Waals surface area contributed by atoms with Crippen molar-refractivity contribution in [3.8, 4) is 11.1 Å². The van der Waals surface area contributed by atoms with Crippen LogP contribution in [0.1, 0.15) is 12.5 Å². The minimum atomic E-state index is -0.00858. The predicted octanol–water partition coefficient (Wildman–Crippen LogP) is 3.45. The lowest BCUT2D eigenvalue weighted by Crippen LogP contribution is -2.27. The molecule has 102 valence electrons. The number of anilines is 1. The van der Waals surface area contributed by atoms with E-state index in [1.807, 2.05) is 12.1 Å². The molecular formula is C17H18N2O. The van der Waals surface area contributed by atoms with Gasteiger partial charge < -0.3 is 5.32 Å². The Balaban J connectivity index is 1.87. The number of carbonyl (C=O) groups is 1. The fourth-order valence-electron chi connectivity index (χ4n) is 2.52. The second-order valence-corrected chi connectivity index (χ2v) is 4.98. The molecule has 3 rings (SSSR count). The Bertz CT molecular complexity index is 619. The summed E-state index contributed by atoms with van der Waals surface area (Å²) < 4.78 is 0. The summed E-state index contributed by atoms with van der Waals surface area (Å²) in [6.07, 6.45) is 1.04. The predicted molar refractivity (Wildman–Crippen MR) is 82.0 cm³/mol. The maximum Gasteiger partial charge on any atom is 0.321 e. The largest absolute Gasteiger partial charge is 0.336 e. The van der Waals surface area contributed by atoms with Crippen LogP contribution in [0.15, 0.2) is 48.5 Å². The highest BCUT2D eigenvalue weighted by molar-refractivity contribution is 5.94. The number of rotatable bonds is 3. The normalized spacial score (nSPS) is 14.4. The molecule has 3 heteroatoms. The third kappa shape index (κ3) is 2.39. The zero-order valence-corrected chi connectivity index (χ0v) is 11.6. The summed E-state index contributed by atoms with van der Waals surface area (Å²) in [7, 11) is 0. The van der Waals surface area contributed by atoms with Gasteiger partial charge in [-0.25, -0.2) is 4.79 Å². The lowest BCUT2D eigenvalue weighted by atomic mass is 10.0. The molecular weight excluding hydrogens is 248 g/mol. The minimum absolute atomic E-state index is 0.00858. The average Bonchev–Trinajstić information content (AvgIpc) is 2.94. The molecule has 0 aliphatic carbocycles. The van der Waals surface area contributed by atoms with E-state index in [0.717, 1.165) is 25.2 Å². The van der Waals surface area contributed by atoms with Crippen molar-refractivity contribution >= 4 is 11.7 Å². The van der Waals surface area contributed by atoms with Gasteiger partial charge in [0.25, 0.3) is 0 Å². The highest BCUT2D eigenvalue weighted by atomic mass is 16.2. The Kier molecular flexibility index (Phi) is 3.42. The van der Waals surface area contributed by atoms with Crippen LogP contribution < -0.4 is 10.2 Å². The first-order valence-corrected chi connectivity index (χ1v) is 7.02. The van der Waals surface area contributed by atoms with Crippen molar-refractivity contribution in [1.29, 1.82) is 0 Å². The molecule has 0 aromatic heterocycles. The molecule has 1 saturated heterocycles. The number of hydrogen-bond acceptors (Lipinski definition) is 1. The van der Waals surface area contributed by atoms with Gasteiger partial charge in [0.2, 0.25) is 0 Å². The Morgan fingerprint density at radius 2 is 1.90 bits per heavy atom. The van der Waals surface area contributed by atoms with Crippen LogP contribution in [0.25, 0.3) is 11.1 Å². The van der Waals surface area contributed by atoms with Crippen molar-refractivity contribution in [2.75, 3.05) is 18.0 Å². The molecule has 2 aromatic carbocycles. The van der Waals surface area contributed by atoms with Gasteiger partial charge in [0.05, 0.1) is 0 Å². The van der Waals surface area contributed by atoms with E-state index >= 15 is 0 Å². The van der Waals surface area contributed by atoms with E-state index in [0.29, 0.717) is 0 Å². The number of benzene rings is 2. The van der Waals surface area contributed by atoms with Crippen molar-refractivity contribution in [3.05, 3.63) is 54.1 Å². The molecule has 0 saturated carbocycles. The van der Waals surface area contributed by atoms with Crippen LogP contribution in [-0.2, 0) is 6.42 Å².